The van der Waals surface area contributed by atoms with Crippen molar-refractivity contribution >= 4 is 39.6 Å². The first-order valence-electron chi connectivity index (χ1n) is 14.5. The lowest BCUT2D eigenvalue weighted by molar-refractivity contribution is -0.129. The van der Waals surface area contributed by atoms with E-state index in [1.54, 1.807) is 16.9 Å². The first-order valence-corrected chi connectivity index (χ1v) is 14.5. The minimum atomic E-state index is -0.0403. The lowest BCUT2D eigenvalue weighted by Gasteiger charge is -2.39. The number of fused-ring (bicyclic) bond motifs is 6. The van der Waals surface area contributed by atoms with Crippen molar-refractivity contribution in [2.75, 3.05) is 57.1 Å². The molecule has 224 valence electrons. The van der Waals surface area contributed by atoms with Crippen LogP contribution in [0, 0.1) is 6.92 Å². The Morgan fingerprint density at radius 3 is 2.89 bits per heavy atom. The maximum absolute atomic E-state index is 13.0. The molecule has 2 aliphatic heterocycles. The van der Waals surface area contributed by atoms with E-state index in [1.807, 2.05) is 79.5 Å². The van der Waals surface area contributed by atoms with Crippen LogP contribution in [0.5, 0.6) is 17.2 Å². The second-order valence-electron chi connectivity index (χ2n) is 11.3. The number of carbonyl (C=O) groups is 1. The van der Waals surface area contributed by atoms with E-state index in [4.69, 9.17) is 9.47 Å². The molecule has 0 radical (unpaired) electrons. The predicted molar refractivity (Wildman–Crippen MR) is 168 cm³/mol. The molecule has 0 spiro atoms. The molecule has 0 saturated carbocycles. The van der Waals surface area contributed by atoms with Crippen molar-refractivity contribution in [3.8, 4) is 17.2 Å². The Balaban J connectivity index is 1.10. The number of amides is 1. The molecule has 0 aliphatic carbocycles. The van der Waals surface area contributed by atoms with Crippen molar-refractivity contribution < 1.29 is 14.3 Å². The molecule has 7 rings (SSSR count). The van der Waals surface area contributed by atoms with Gasteiger partial charge in [0.2, 0.25) is 5.91 Å². The first-order chi connectivity index (χ1) is 21.4. The van der Waals surface area contributed by atoms with Gasteiger partial charge in [0, 0.05) is 61.7 Å². The Labute approximate surface area is 254 Å². The number of nitrogens with one attached hydrogen (secondary N) is 1. The Morgan fingerprint density at radius 2 is 2.02 bits per heavy atom. The average Bonchev–Trinajstić information content (AvgIpc) is 3.44. The summed E-state index contributed by atoms with van der Waals surface area (Å²) >= 11 is 0. The van der Waals surface area contributed by atoms with E-state index in [9.17, 15) is 4.79 Å². The third kappa shape index (κ3) is 5.47. The fraction of sp³-hybridized carbons (Fsp3) is 0.281. The number of nitrogens with zero attached hydrogens (tertiary/aromatic N) is 8. The molecule has 12 nitrogen and oxygen atoms in total. The fourth-order valence-corrected chi connectivity index (χ4v) is 5.65. The fourth-order valence-electron chi connectivity index (χ4n) is 5.65. The standard InChI is InChI=1S/C32H33N9O3/c1-21-13-22(6-7-28(21)44-24-8-10-41-30(14-24)34-20-36-41)37-32-25-15-27-29(16-26(25)33-19-35-32)43-18-23-17-39(27)11-12-40(23)31(42)5-4-9-38(2)3/h4-8,10,13-16,19-20,23H,9,11-12,17-18H2,1-3H3,(H,33,35,37)/b5-4+/t23-/m1/s1. The van der Waals surface area contributed by atoms with E-state index in [2.05, 4.69) is 36.3 Å². The largest absolute Gasteiger partial charge is 0.489 e. The third-order valence-electron chi connectivity index (χ3n) is 7.90. The van der Waals surface area contributed by atoms with Crippen molar-refractivity contribution in [2.24, 2.45) is 0 Å². The van der Waals surface area contributed by atoms with Gasteiger partial charge in [0.05, 0.1) is 17.2 Å². The van der Waals surface area contributed by atoms with Crippen molar-refractivity contribution in [1.29, 1.82) is 0 Å². The molecule has 1 N–H and O–H groups in total. The van der Waals surface area contributed by atoms with Gasteiger partial charge in [-0.25, -0.2) is 19.5 Å². The summed E-state index contributed by atoms with van der Waals surface area (Å²) in [5, 5.41) is 8.49. The van der Waals surface area contributed by atoms with Crippen LogP contribution in [0.3, 0.4) is 0 Å². The number of hydrogen-bond donors (Lipinski definition) is 1. The monoisotopic (exact) mass is 591 g/mol. The molecule has 5 heterocycles. The summed E-state index contributed by atoms with van der Waals surface area (Å²) in [4.78, 5) is 32.5. The number of carbonyl (C=O) groups excluding carboxylic acids is 1. The molecule has 2 aliphatic rings. The second-order valence-corrected chi connectivity index (χ2v) is 11.3. The maximum atomic E-state index is 13.0. The van der Waals surface area contributed by atoms with Gasteiger partial charge in [0.15, 0.2) is 5.65 Å². The van der Waals surface area contributed by atoms with Crippen LogP contribution in [0.15, 0.2) is 73.5 Å². The summed E-state index contributed by atoms with van der Waals surface area (Å²) < 4.78 is 14.1. The molecule has 1 atom stereocenters. The smallest absolute Gasteiger partial charge is 0.246 e. The van der Waals surface area contributed by atoms with Crippen molar-refractivity contribution in [3.63, 3.8) is 0 Å². The molecule has 3 aromatic heterocycles. The molecule has 1 saturated heterocycles. The van der Waals surface area contributed by atoms with Gasteiger partial charge < -0.3 is 29.5 Å². The molecule has 1 amide bonds. The summed E-state index contributed by atoms with van der Waals surface area (Å²) in [6, 6.07) is 13.7. The number of aromatic nitrogens is 5. The van der Waals surface area contributed by atoms with Crippen LogP contribution in [0.2, 0.25) is 0 Å². The first kappa shape index (κ1) is 27.6. The van der Waals surface area contributed by atoms with Gasteiger partial charge in [0.25, 0.3) is 0 Å². The predicted octanol–water partition coefficient (Wildman–Crippen LogP) is 4.04. The molecule has 12 heteroatoms. The molecule has 1 fully saturated rings. The molecule has 5 aromatic rings. The van der Waals surface area contributed by atoms with Crippen LogP contribution < -0.4 is 19.7 Å². The number of hydrogen-bond acceptors (Lipinski definition) is 10. The summed E-state index contributed by atoms with van der Waals surface area (Å²) in [6.07, 6.45) is 8.46. The van der Waals surface area contributed by atoms with Gasteiger partial charge in [-0.1, -0.05) is 6.08 Å². The van der Waals surface area contributed by atoms with E-state index < -0.39 is 0 Å². The molecule has 2 aromatic carbocycles. The molecule has 0 unspecified atom stereocenters. The van der Waals surface area contributed by atoms with Gasteiger partial charge in [-0.15, -0.1) is 0 Å². The van der Waals surface area contributed by atoms with Crippen LogP contribution in [-0.2, 0) is 4.79 Å². The highest BCUT2D eigenvalue weighted by Gasteiger charge is 2.34. The van der Waals surface area contributed by atoms with E-state index in [0.717, 1.165) is 51.5 Å². The second kappa shape index (κ2) is 11.5. The normalized spacial score (nSPS) is 16.3. The molecular weight excluding hydrogens is 558 g/mol. The van der Waals surface area contributed by atoms with Crippen LogP contribution in [0.1, 0.15) is 5.56 Å². The van der Waals surface area contributed by atoms with Crippen LogP contribution in [0.4, 0.5) is 17.2 Å². The summed E-state index contributed by atoms with van der Waals surface area (Å²) in [5.74, 6) is 2.92. The summed E-state index contributed by atoms with van der Waals surface area (Å²) in [6.45, 7) is 5.21. The lowest BCUT2D eigenvalue weighted by atomic mass is 10.1. The van der Waals surface area contributed by atoms with E-state index in [-0.39, 0.29) is 11.9 Å². The van der Waals surface area contributed by atoms with E-state index in [1.165, 1.54) is 6.33 Å². The SMILES string of the molecule is Cc1cc(Nc2ncnc3cc4c(cc23)N2CCN(C(=O)/C=C/CN(C)C)[C@@H](CO4)C2)ccc1Oc1ccn2ncnc2c1. The Morgan fingerprint density at radius 1 is 1.11 bits per heavy atom. The quantitative estimate of drug-likeness (QED) is 0.278. The summed E-state index contributed by atoms with van der Waals surface area (Å²) in [5.41, 5.74) is 4.32. The molecule has 2 bridgehead atoms. The summed E-state index contributed by atoms with van der Waals surface area (Å²) in [7, 11) is 3.96. The van der Waals surface area contributed by atoms with Crippen molar-refractivity contribution in [1.82, 2.24) is 34.4 Å². The minimum absolute atomic E-state index is 0.0247. The number of piperazine rings is 1. The zero-order chi connectivity index (χ0) is 30.2. The van der Waals surface area contributed by atoms with Crippen LogP contribution in [0.25, 0.3) is 16.6 Å². The Kier molecular flexibility index (Phi) is 7.18. The average molecular weight is 592 g/mol. The number of ether oxygens (including phenoxy) is 2. The van der Waals surface area contributed by atoms with Gasteiger partial charge in [0.1, 0.15) is 42.3 Å². The van der Waals surface area contributed by atoms with Crippen molar-refractivity contribution in [2.45, 2.75) is 13.0 Å². The number of likely N-dealkylation sites (N-methyl/N-ethyl adjacent to an activating group) is 1. The highest BCUT2D eigenvalue weighted by atomic mass is 16.5. The number of pyridine rings is 1. The number of rotatable bonds is 7. The maximum Gasteiger partial charge on any atom is 0.246 e. The van der Waals surface area contributed by atoms with E-state index >= 15 is 0 Å². The molecular formula is C32H33N9O3. The highest BCUT2D eigenvalue weighted by molar-refractivity contribution is 5.95. The number of aryl methyl sites for hydroxylation is 1. The molecule has 44 heavy (non-hydrogen) atoms. The van der Waals surface area contributed by atoms with E-state index in [0.29, 0.717) is 37.8 Å². The van der Waals surface area contributed by atoms with Gasteiger partial charge >= 0.3 is 0 Å². The number of benzene rings is 2. The lowest BCUT2D eigenvalue weighted by Crippen LogP contribution is -2.56. The van der Waals surface area contributed by atoms with Crippen LogP contribution in [-0.4, -0.2) is 93.2 Å². The Hall–Kier alpha value is -5.23. The van der Waals surface area contributed by atoms with Crippen LogP contribution >= 0.6 is 0 Å². The van der Waals surface area contributed by atoms with Gasteiger partial charge in [-0.2, -0.15) is 5.10 Å². The van der Waals surface area contributed by atoms with Gasteiger partial charge in [-0.3, -0.25) is 4.79 Å². The third-order valence-corrected chi connectivity index (χ3v) is 7.90. The number of anilines is 3. The van der Waals surface area contributed by atoms with Gasteiger partial charge in [-0.05, 0) is 56.9 Å². The highest BCUT2D eigenvalue weighted by Crippen LogP contribution is 2.39. The zero-order valence-corrected chi connectivity index (χ0v) is 24.8. The topological polar surface area (TPSA) is 113 Å². The zero-order valence-electron chi connectivity index (χ0n) is 24.8. The van der Waals surface area contributed by atoms with Crippen molar-refractivity contribution in [3.05, 3.63) is 79.0 Å². The Bertz CT molecular complexity index is 1890. The minimum Gasteiger partial charge on any atom is -0.489 e.